The van der Waals surface area contributed by atoms with Crippen LogP contribution in [0.4, 0.5) is 0 Å². The predicted molar refractivity (Wildman–Crippen MR) is 102 cm³/mol. The molecule has 4 heteroatoms. The maximum Gasteiger partial charge on any atom is 0.224 e. The lowest BCUT2D eigenvalue weighted by Crippen LogP contribution is -2.40. The highest BCUT2D eigenvalue weighted by Crippen LogP contribution is 2.33. The van der Waals surface area contributed by atoms with E-state index < -0.39 is 0 Å². The minimum Gasteiger partial charge on any atom is -0.488 e. The van der Waals surface area contributed by atoms with Gasteiger partial charge in [-0.3, -0.25) is 4.79 Å². The van der Waals surface area contributed by atoms with E-state index in [4.69, 9.17) is 4.74 Å². The Bertz CT molecular complexity index is 755. The lowest BCUT2D eigenvalue weighted by atomic mass is 9.93. The average molecular weight is 353 g/mol. The quantitative estimate of drug-likeness (QED) is 0.839. The molecule has 26 heavy (non-hydrogen) atoms. The molecule has 1 heterocycles. The number of ether oxygens (including phenoxy) is 1. The van der Waals surface area contributed by atoms with Gasteiger partial charge < -0.3 is 15.2 Å². The van der Waals surface area contributed by atoms with Crippen molar-refractivity contribution >= 4 is 5.91 Å². The largest absolute Gasteiger partial charge is 0.488 e. The number of rotatable bonds is 6. The first-order chi connectivity index (χ1) is 12.4. The van der Waals surface area contributed by atoms with Crippen LogP contribution in [0.1, 0.15) is 37.0 Å². The number of amides is 1. The lowest BCUT2D eigenvalue weighted by Gasteiger charge is -2.32. The third kappa shape index (κ3) is 4.85. The van der Waals surface area contributed by atoms with Gasteiger partial charge in [0.15, 0.2) is 0 Å². The fraction of sp³-hybridized carbons (Fsp3) is 0.409. The lowest BCUT2D eigenvalue weighted by molar-refractivity contribution is -0.121. The van der Waals surface area contributed by atoms with Crippen molar-refractivity contribution in [1.82, 2.24) is 5.32 Å². The van der Waals surface area contributed by atoms with Crippen LogP contribution in [0.2, 0.25) is 0 Å². The van der Waals surface area contributed by atoms with Crippen LogP contribution in [-0.2, 0) is 24.1 Å². The third-order valence-corrected chi connectivity index (χ3v) is 4.78. The highest BCUT2D eigenvalue weighted by molar-refractivity contribution is 5.79. The van der Waals surface area contributed by atoms with Gasteiger partial charge in [0, 0.05) is 0 Å². The molecule has 0 bridgehead atoms. The summed E-state index contributed by atoms with van der Waals surface area (Å²) in [4.78, 5) is 12.4. The molecule has 1 amide bonds. The van der Waals surface area contributed by atoms with Gasteiger partial charge in [-0.15, -0.1) is 0 Å². The Kier molecular flexibility index (Phi) is 5.62. The number of carbonyl (C=O) groups is 1. The zero-order valence-electron chi connectivity index (χ0n) is 15.5. The molecular formula is C22H27NO3. The fourth-order valence-electron chi connectivity index (χ4n) is 3.35. The molecule has 0 aliphatic carbocycles. The van der Waals surface area contributed by atoms with E-state index in [1.165, 1.54) is 0 Å². The van der Waals surface area contributed by atoms with Gasteiger partial charge in [0.1, 0.15) is 11.4 Å². The zero-order chi connectivity index (χ0) is 18.6. The van der Waals surface area contributed by atoms with E-state index in [0.29, 0.717) is 12.8 Å². The number of carbonyl (C=O) groups excluding carboxylic acids is 1. The summed E-state index contributed by atoms with van der Waals surface area (Å²) in [6.45, 7) is 4.12. The maximum absolute atomic E-state index is 12.4. The minimum absolute atomic E-state index is 0.0722. The number of aliphatic hydroxyl groups excluding tert-OH is 1. The van der Waals surface area contributed by atoms with E-state index in [2.05, 4.69) is 25.2 Å². The third-order valence-electron chi connectivity index (χ3n) is 4.78. The molecule has 2 aromatic carbocycles. The summed E-state index contributed by atoms with van der Waals surface area (Å²) in [6, 6.07) is 15.6. The summed E-state index contributed by atoms with van der Waals surface area (Å²) in [6.07, 6.45) is 2.86. The molecule has 1 aliphatic heterocycles. The Morgan fingerprint density at radius 2 is 1.96 bits per heavy atom. The van der Waals surface area contributed by atoms with Crippen LogP contribution in [0, 0.1) is 0 Å². The second kappa shape index (κ2) is 7.92. The van der Waals surface area contributed by atoms with Gasteiger partial charge in [-0.2, -0.15) is 0 Å². The molecule has 1 aliphatic rings. The Balaban J connectivity index is 1.59. The minimum atomic E-state index is -0.272. The van der Waals surface area contributed by atoms with Gasteiger partial charge in [-0.1, -0.05) is 42.5 Å². The van der Waals surface area contributed by atoms with Gasteiger partial charge >= 0.3 is 0 Å². The fourth-order valence-corrected chi connectivity index (χ4v) is 3.35. The molecule has 3 rings (SSSR count). The molecule has 0 fully saturated rings. The maximum atomic E-state index is 12.4. The second-order valence-electron chi connectivity index (χ2n) is 7.62. The predicted octanol–water partition coefficient (Wildman–Crippen LogP) is 3.05. The summed E-state index contributed by atoms with van der Waals surface area (Å²) in [5, 5.41) is 12.5. The van der Waals surface area contributed by atoms with Crippen molar-refractivity contribution in [3.05, 3.63) is 65.2 Å². The van der Waals surface area contributed by atoms with E-state index in [9.17, 15) is 9.90 Å². The van der Waals surface area contributed by atoms with Gasteiger partial charge in [-0.05, 0) is 55.9 Å². The van der Waals surface area contributed by atoms with E-state index in [-0.39, 0.29) is 24.2 Å². The SMILES string of the molecule is CC1(C)CCc2cc(CC(=O)NC(CO)Cc3ccccc3)ccc2O1. The molecular weight excluding hydrogens is 326 g/mol. The summed E-state index contributed by atoms with van der Waals surface area (Å²) in [7, 11) is 0. The molecule has 0 radical (unpaired) electrons. The van der Waals surface area contributed by atoms with Crippen molar-refractivity contribution < 1.29 is 14.6 Å². The van der Waals surface area contributed by atoms with Gasteiger partial charge in [0.2, 0.25) is 5.91 Å². The second-order valence-corrected chi connectivity index (χ2v) is 7.62. The topological polar surface area (TPSA) is 58.6 Å². The molecule has 4 nitrogen and oxygen atoms in total. The normalized spacial score (nSPS) is 16.3. The van der Waals surface area contributed by atoms with Crippen molar-refractivity contribution in [1.29, 1.82) is 0 Å². The average Bonchev–Trinajstić information content (AvgIpc) is 2.61. The van der Waals surface area contributed by atoms with Gasteiger partial charge in [0.25, 0.3) is 0 Å². The Morgan fingerprint density at radius 1 is 1.19 bits per heavy atom. The van der Waals surface area contributed by atoms with Gasteiger partial charge in [0.05, 0.1) is 19.1 Å². The van der Waals surface area contributed by atoms with Gasteiger partial charge in [-0.25, -0.2) is 0 Å². The number of hydrogen-bond acceptors (Lipinski definition) is 3. The highest BCUT2D eigenvalue weighted by Gasteiger charge is 2.26. The molecule has 2 aromatic rings. The number of nitrogens with one attached hydrogen (secondary N) is 1. The summed E-state index contributed by atoms with van der Waals surface area (Å²) >= 11 is 0. The Morgan fingerprint density at radius 3 is 2.69 bits per heavy atom. The number of benzene rings is 2. The van der Waals surface area contributed by atoms with Crippen LogP contribution >= 0.6 is 0 Å². The van der Waals surface area contributed by atoms with E-state index in [1.54, 1.807) is 0 Å². The molecule has 0 aromatic heterocycles. The first-order valence-corrected chi connectivity index (χ1v) is 9.20. The monoisotopic (exact) mass is 353 g/mol. The Labute approximate surface area is 155 Å². The molecule has 1 unspecified atom stereocenters. The van der Waals surface area contributed by atoms with Crippen molar-refractivity contribution in [3.8, 4) is 5.75 Å². The standard InChI is InChI=1S/C22H27NO3/c1-22(2)11-10-18-12-17(8-9-20(18)26-22)14-21(25)23-19(15-24)13-16-6-4-3-5-7-16/h3-9,12,19,24H,10-11,13-15H2,1-2H3,(H,23,25). The van der Waals surface area contributed by atoms with Crippen LogP contribution in [0.3, 0.4) is 0 Å². The smallest absolute Gasteiger partial charge is 0.224 e. The van der Waals surface area contributed by atoms with Crippen LogP contribution in [0.15, 0.2) is 48.5 Å². The summed E-state index contributed by atoms with van der Waals surface area (Å²) in [5.74, 6) is 0.847. The van der Waals surface area contributed by atoms with Crippen molar-refractivity contribution in [2.24, 2.45) is 0 Å². The van der Waals surface area contributed by atoms with Crippen molar-refractivity contribution in [2.75, 3.05) is 6.61 Å². The Hall–Kier alpha value is -2.33. The highest BCUT2D eigenvalue weighted by atomic mass is 16.5. The summed E-state index contributed by atoms with van der Waals surface area (Å²) in [5.41, 5.74) is 3.11. The van der Waals surface area contributed by atoms with Crippen LogP contribution < -0.4 is 10.1 Å². The van der Waals surface area contributed by atoms with E-state index in [0.717, 1.165) is 35.3 Å². The van der Waals surface area contributed by atoms with Crippen LogP contribution in [-0.4, -0.2) is 29.3 Å². The first-order valence-electron chi connectivity index (χ1n) is 9.20. The van der Waals surface area contributed by atoms with E-state index in [1.807, 2.05) is 42.5 Å². The molecule has 0 saturated heterocycles. The number of aliphatic hydroxyl groups is 1. The molecule has 0 saturated carbocycles. The van der Waals surface area contributed by atoms with Crippen molar-refractivity contribution in [3.63, 3.8) is 0 Å². The summed E-state index contributed by atoms with van der Waals surface area (Å²) < 4.78 is 5.99. The molecule has 1 atom stereocenters. The van der Waals surface area contributed by atoms with Crippen LogP contribution in [0.5, 0.6) is 5.75 Å². The molecule has 138 valence electrons. The number of hydrogen-bond donors (Lipinski definition) is 2. The first kappa shape index (κ1) is 18.5. The number of fused-ring (bicyclic) bond motifs is 1. The van der Waals surface area contributed by atoms with E-state index >= 15 is 0 Å². The molecule has 2 N–H and O–H groups in total. The molecule has 0 spiro atoms. The zero-order valence-corrected chi connectivity index (χ0v) is 15.5. The van der Waals surface area contributed by atoms with Crippen LogP contribution in [0.25, 0.3) is 0 Å². The number of aryl methyl sites for hydroxylation is 1. The van der Waals surface area contributed by atoms with Crippen molar-refractivity contribution in [2.45, 2.75) is 51.2 Å².